The Balaban J connectivity index is 1.75. The highest BCUT2D eigenvalue weighted by Gasteiger charge is 2.28. The van der Waals surface area contributed by atoms with Crippen LogP contribution < -0.4 is 9.47 Å². The van der Waals surface area contributed by atoms with Gasteiger partial charge in [-0.1, -0.05) is 49.9 Å². The summed E-state index contributed by atoms with van der Waals surface area (Å²) in [5, 5.41) is 0. The monoisotopic (exact) mass is 378 g/mol. The van der Waals surface area contributed by atoms with Gasteiger partial charge in [0.15, 0.2) is 5.78 Å². The van der Waals surface area contributed by atoms with Gasteiger partial charge >= 0.3 is 0 Å². The molecule has 2 saturated carbocycles. The lowest BCUT2D eigenvalue weighted by atomic mass is 9.89. The molecule has 148 valence electrons. The maximum Gasteiger partial charge on any atom is 0.200 e. The second kappa shape index (κ2) is 8.38. The first-order valence-electron chi connectivity index (χ1n) is 10.6. The van der Waals surface area contributed by atoms with E-state index in [2.05, 4.69) is 12.1 Å². The van der Waals surface area contributed by atoms with Crippen molar-refractivity contribution in [3.63, 3.8) is 0 Å². The number of ether oxygens (including phenoxy) is 2. The first kappa shape index (κ1) is 19.0. The van der Waals surface area contributed by atoms with Gasteiger partial charge in [-0.15, -0.1) is 0 Å². The molecular formula is C25H30O3. The van der Waals surface area contributed by atoms with Gasteiger partial charge in [-0.3, -0.25) is 4.79 Å². The van der Waals surface area contributed by atoms with Gasteiger partial charge < -0.3 is 9.47 Å². The Morgan fingerprint density at radius 3 is 1.46 bits per heavy atom. The molecule has 4 rings (SSSR count). The van der Waals surface area contributed by atoms with E-state index >= 15 is 0 Å². The van der Waals surface area contributed by atoms with Crippen LogP contribution in [0.4, 0.5) is 0 Å². The molecular weight excluding hydrogens is 348 g/mol. The molecule has 0 bridgehead atoms. The predicted octanol–water partition coefficient (Wildman–Crippen LogP) is 6.25. The van der Waals surface area contributed by atoms with Gasteiger partial charge in [0.1, 0.15) is 11.5 Å². The topological polar surface area (TPSA) is 35.5 Å². The van der Waals surface area contributed by atoms with E-state index in [1.54, 1.807) is 14.2 Å². The van der Waals surface area contributed by atoms with E-state index in [1.807, 2.05) is 24.3 Å². The van der Waals surface area contributed by atoms with Crippen molar-refractivity contribution in [3.05, 3.63) is 58.7 Å². The van der Waals surface area contributed by atoms with Crippen molar-refractivity contribution in [2.45, 2.75) is 63.2 Å². The van der Waals surface area contributed by atoms with Crippen molar-refractivity contribution in [3.8, 4) is 11.5 Å². The van der Waals surface area contributed by atoms with E-state index in [4.69, 9.17) is 9.47 Å². The Kier molecular flexibility index (Phi) is 5.70. The fourth-order valence-electron chi connectivity index (χ4n) is 5.18. The summed E-state index contributed by atoms with van der Waals surface area (Å²) in [4.78, 5) is 13.6. The summed E-state index contributed by atoms with van der Waals surface area (Å²) in [5.74, 6) is 2.47. The Morgan fingerprint density at radius 1 is 0.714 bits per heavy atom. The van der Waals surface area contributed by atoms with Crippen molar-refractivity contribution in [1.82, 2.24) is 0 Å². The SMILES string of the molecule is COc1c(C(=O)c2cccc(C3CCCC3)c2OC)cccc1C1CCCC1. The molecule has 0 radical (unpaired) electrons. The Labute approximate surface area is 168 Å². The zero-order valence-corrected chi connectivity index (χ0v) is 17.0. The van der Waals surface area contributed by atoms with Gasteiger partial charge in [0.25, 0.3) is 0 Å². The Hall–Kier alpha value is -2.29. The molecule has 3 nitrogen and oxygen atoms in total. The summed E-state index contributed by atoms with van der Waals surface area (Å²) < 4.78 is 11.5. The highest BCUT2D eigenvalue weighted by atomic mass is 16.5. The van der Waals surface area contributed by atoms with Gasteiger partial charge in [0.05, 0.1) is 25.3 Å². The fourth-order valence-corrected chi connectivity index (χ4v) is 5.18. The van der Waals surface area contributed by atoms with Crippen LogP contribution in [0.2, 0.25) is 0 Å². The highest BCUT2D eigenvalue weighted by molar-refractivity contribution is 6.12. The molecule has 28 heavy (non-hydrogen) atoms. The lowest BCUT2D eigenvalue weighted by molar-refractivity contribution is 0.103. The minimum absolute atomic E-state index is 0.00612. The second-order valence-corrected chi connectivity index (χ2v) is 8.15. The van der Waals surface area contributed by atoms with Gasteiger partial charge in [-0.25, -0.2) is 0 Å². The molecule has 0 N–H and O–H groups in total. The third-order valence-corrected chi connectivity index (χ3v) is 6.58. The second-order valence-electron chi connectivity index (χ2n) is 8.15. The summed E-state index contributed by atoms with van der Waals surface area (Å²) in [7, 11) is 3.35. The number of methoxy groups -OCH3 is 2. The van der Waals surface area contributed by atoms with Crippen LogP contribution in [0.5, 0.6) is 11.5 Å². The van der Waals surface area contributed by atoms with E-state index in [1.165, 1.54) is 62.5 Å². The smallest absolute Gasteiger partial charge is 0.200 e. The molecule has 0 unspecified atom stereocenters. The number of carbonyl (C=O) groups is 1. The molecule has 0 aliphatic heterocycles. The number of rotatable bonds is 6. The number of hydrogen-bond donors (Lipinski definition) is 0. The van der Waals surface area contributed by atoms with E-state index in [0.717, 1.165) is 11.5 Å². The summed E-state index contributed by atoms with van der Waals surface area (Å²) in [6, 6.07) is 12.0. The largest absolute Gasteiger partial charge is 0.496 e. The molecule has 2 aliphatic carbocycles. The van der Waals surface area contributed by atoms with Crippen molar-refractivity contribution < 1.29 is 14.3 Å². The fraction of sp³-hybridized carbons (Fsp3) is 0.480. The number of ketones is 1. The summed E-state index contributed by atoms with van der Waals surface area (Å²) in [5.41, 5.74) is 3.65. The maximum absolute atomic E-state index is 13.6. The van der Waals surface area contributed by atoms with Crippen LogP contribution in [0.1, 0.15) is 90.3 Å². The lowest BCUT2D eigenvalue weighted by Gasteiger charge is -2.20. The van der Waals surface area contributed by atoms with Crippen LogP contribution in [-0.2, 0) is 0 Å². The van der Waals surface area contributed by atoms with Crippen molar-refractivity contribution in [2.24, 2.45) is 0 Å². The molecule has 0 spiro atoms. The zero-order valence-electron chi connectivity index (χ0n) is 17.0. The van der Waals surface area contributed by atoms with E-state index < -0.39 is 0 Å². The summed E-state index contributed by atoms with van der Waals surface area (Å²) in [6.07, 6.45) is 9.71. The van der Waals surface area contributed by atoms with Gasteiger partial charge in [-0.05, 0) is 60.8 Å². The molecule has 0 heterocycles. The quantitative estimate of drug-likeness (QED) is 0.557. The average molecular weight is 379 g/mol. The summed E-state index contributed by atoms with van der Waals surface area (Å²) in [6.45, 7) is 0. The van der Waals surface area contributed by atoms with Gasteiger partial charge in [0, 0.05) is 0 Å². The van der Waals surface area contributed by atoms with Gasteiger partial charge in [0.2, 0.25) is 0 Å². The molecule has 0 amide bonds. The number of benzene rings is 2. The first-order chi connectivity index (χ1) is 13.7. The third kappa shape index (κ3) is 3.43. The van der Waals surface area contributed by atoms with E-state index in [-0.39, 0.29) is 5.78 Å². The Bertz CT molecular complexity index is 773. The van der Waals surface area contributed by atoms with Crippen molar-refractivity contribution in [2.75, 3.05) is 14.2 Å². The van der Waals surface area contributed by atoms with Crippen molar-refractivity contribution >= 4 is 5.78 Å². The Morgan fingerprint density at radius 2 is 1.11 bits per heavy atom. The lowest BCUT2D eigenvalue weighted by Crippen LogP contribution is -2.10. The van der Waals surface area contributed by atoms with E-state index in [9.17, 15) is 4.79 Å². The average Bonchev–Trinajstić information content (AvgIpc) is 3.46. The third-order valence-electron chi connectivity index (χ3n) is 6.58. The molecule has 2 aromatic rings. The minimum atomic E-state index is -0.00612. The number of carbonyl (C=O) groups excluding carboxylic acids is 1. The predicted molar refractivity (Wildman–Crippen MR) is 112 cm³/mol. The van der Waals surface area contributed by atoms with Crippen LogP contribution in [0, 0.1) is 0 Å². The number of para-hydroxylation sites is 2. The van der Waals surface area contributed by atoms with Gasteiger partial charge in [-0.2, -0.15) is 0 Å². The van der Waals surface area contributed by atoms with Crippen LogP contribution in [0.25, 0.3) is 0 Å². The minimum Gasteiger partial charge on any atom is -0.496 e. The molecule has 2 aliphatic rings. The summed E-state index contributed by atoms with van der Waals surface area (Å²) >= 11 is 0. The first-order valence-corrected chi connectivity index (χ1v) is 10.6. The van der Waals surface area contributed by atoms with Crippen LogP contribution in [0.3, 0.4) is 0 Å². The molecule has 2 fully saturated rings. The molecule has 2 aromatic carbocycles. The molecule has 3 heteroatoms. The standard InChI is InChI=1S/C25H30O3/c1-27-24-19(17-9-3-4-10-17)13-7-15-21(24)23(26)22-16-8-14-20(25(22)28-2)18-11-5-6-12-18/h7-8,13-18H,3-6,9-12H2,1-2H3. The molecule has 0 atom stereocenters. The number of hydrogen-bond acceptors (Lipinski definition) is 3. The van der Waals surface area contributed by atoms with E-state index in [0.29, 0.717) is 23.0 Å². The van der Waals surface area contributed by atoms with Crippen LogP contribution in [0.15, 0.2) is 36.4 Å². The van der Waals surface area contributed by atoms with Crippen LogP contribution >= 0.6 is 0 Å². The molecule has 0 aromatic heterocycles. The maximum atomic E-state index is 13.6. The van der Waals surface area contributed by atoms with Crippen molar-refractivity contribution in [1.29, 1.82) is 0 Å². The van der Waals surface area contributed by atoms with Crippen LogP contribution in [-0.4, -0.2) is 20.0 Å². The highest BCUT2D eigenvalue weighted by Crippen LogP contribution is 2.43. The molecule has 0 saturated heterocycles. The normalized spacial score (nSPS) is 17.8. The zero-order chi connectivity index (χ0) is 19.5.